The maximum absolute atomic E-state index is 6.63. The number of nitrogens with zero attached hydrogens (tertiary/aromatic N) is 1. The summed E-state index contributed by atoms with van der Waals surface area (Å²) >= 11 is 0. The van der Waals surface area contributed by atoms with Gasteiger partial charge in [0.2, 0.25) is 0 Å². The summed E-state index contributed by atoms with van der Waals surface area (Å²) in [6, 6.07) is 44.7. The Bertz CT molecular complexity index is 2140. The van der Waals surface area contributed by atoms with Gasteiger partial charge in [0.1, 0.15) is 11.2 Å². The third kappa shape index (κ3) is 3.03. The van der Waals surface area contributed by atoms with Crippen molar-refractivity contribution >= 4 is 54.4 Å². The lowest BCUT2D eigenvalue weighted by atomic mass is 9.91. The normalized spacial score (nSPS) is 11.8. The van der Waals surface area contributed by atoms with Crippen molar-refractivity contribution in [3.8, 4) is 22.4 Å². The monoisotopic (exact) mass is 471 g/mol. The molecule has 0 spiro atoms. The van der Waals surface area contributed by atoms with E-state index in [4.69, 9.17) is 9.40 Å². The van der Waals surface area contributed by atoms with Crippen LogP contribution in [-0.2, 0) is 0 Å². The molecule has 0 aliphatic rings. The first-order chi connectivity index (χ1) is 18.3. The number of benzene rings is 6. The minimum atomic E-state index is 0.897. The van der Waals surface area contributed by atoms with Crippen LogP contribution in [0.2, 0.25) is 0 Å². The number of para-hydroxylation sites is 2. The Kier molecular flexibility index (Phi) is 4.26. The molecule has 0 saturated carbocycles. The Labute approximate surface area is 213 Å². The molecular formula is C35H21NO. The van der Waals surface area contributed by atoms with Gasteiger partial charge in [0.25, 0.3) is 0 Å². The molecule has 0 atom stereocenters. The predicted octanol–water partition coefficient (Wildman–Crippen LogP) is 9.77. The lowest BCUT2D eigenvalue weighted by Crippen LogP contribution is -1.92. The molecule has 0 N–H and O–H groups in total. The molecule has 2 heterocycles. The summed E-state index contributed by atoms with van der Waals surface area (Å²) in [6.45, 7) is 0. The van der Waals surface area contributed by atoms with E-state index in [0.717, 1.165) is 60.6 Å². The minimum Gasteiger partial charge on any atom is -0.455 e. The largest absolute Gasteiger partial charge is 0.455 e. The van der Waals surface area contributed by atoms with Crippen LogP contribution in [0.15, 0.2) is 132 Å². The van der Waals surface area contributed by atoms with Crippen molar-refractivity contribution < 1.29 is 4.42 Å². The molecule has 8 rings (SSSR count). The number of hydrogen-bond acceptors (Lipinski definition) is 2. The number of rotatable bonds is 2. The highest BCUT2D eigenvalue weighted by atomic mass is 16.3. The summed E-state index contributed by atoms with van der Waals surface area (Å²) in [5.41, 5.74) is 7.11. The molecule has 8 aromatic rings. The second kappa shape index (κ2) is 7.78. The third-order valence-corrected chi connectivity index (χ3v) is 7.42. The van der Waals surface area contributed by atoms with Crippen LogP contribution in [0.1, 0.15) is 0 Å². The van der Waals surface area contributed by atoms with Crippen molar-refractivity contribution in [1.82, 2.24) is 4.98 Å². The maximum Gasteiger partial charge on any atom is 0.143 e. The van der Waals surface area contributed by atoms with Crippen LogP contribution in [0.5, 0.6) is 0 Å². The van der Waals surface area contributed by atoms with Gasteiger partial charge in [0, 0.05) is 38.1 Å². The fraction of sp³-hybridized carbons (Fsp3) is 0. The highest BCUT2D eigenvalue weighted by Gasteiger charge is 2.21. The van der Waals surface area contributed by atoms with E-state index in [2.05, 4.69) is 121 Å². The predicted molar refractivity (Wildman–Crippen MR) is 155 cm³/mol. The van der Waals surface area contributed by atoms with Gasteiger partial charge in [0.15, 0.2) is 0 Å². The van der Waals surface area contributed by atoms with Crippen LogP contribution in [-0.4, -0.2) is 4.98 Å². The van der Waals surface area contributed by atoms with Crippen molar-refractivity contribution in [2.75, 3.05) is 0 Å². The van der Waals surface area contributed by atoms with Gasteiger partial charge < -0.3 is 4.42 Å². The van der Waals surface area contributed by atoms with Gasteiger partial charge in [-0.15, -0.1) is 0 Å². The molecule has 37 heavy (non-hydrogen) atoms. The second-order valence-electron chi connectivity index (χ2n) is 9.55. The van der Waals surface area contributed by atoms with Crippen LogP contribution in [0.3, 0.4) is 0 Å². The Hall–Kier alpha value is -4.95. The first-order valence-electron chi connectivity index (χ1n) is 12.6. The molecule has 0 aliphatic heterocycles. The van der Waals surface area contributed by atoms with E-state index in [1.807, 2.05) is 6.07 Å². The standard InChI is InChI=1S/C35H21NO/c1-2-11-23(12-3-1)34-29-21-28(25-19-18-22-10-4-5-13-24(22)20-25)35-33(27-15-7-9-17-31(27)37-35)32(29)26-14-6-8-16-30(26)36-34/h1-21H. The van der Waals surface area contributed by atoms with E-state index in [-0.39, 0.29) is 0 Å². The average molecular weight is 472 g/mol. The molecule has 0 saturated heterocycles. The quantitative estimate of drug-likeness (QED) is 0.235. The van der Waals surface area contributed by atoms with Gasteiger partial charge >= 0.3 is 0 Å². The molecule has 2 nitrogen and oxygen atoms in total. The summed E-state index contributed by atoms with van der Waals surface area (Å²) in [4.78, 5) is 5.20. The highest BCUT2D eigenvalue weighted by molar-refractivity contribution is 6.30. The number of fused-ring (bicyclic) bond motifs is 8. The number of hydrogen-bond donors (Lipinski definition) is 0. The molecule has 0 fully saturated rings. The van der Waals surface area contributed by atoms with E-state index in [0.29, 0.717) is 0 Å². The first-order valence-corrected chi connectivity index (χ1v) is 12.6. The first kappa shape index (κ1) is 20.3. The van der Waals surface area contributed by atoms with Gasteiger partial charge in [-0.05, 0) is 40.6 Å². The lowest BCUT2D eigenvalue weighted by Gasteiger charge is -2.14. The van der Waals surface area contributed by atoms with E-state index in [1.54, 1.807) is 0 Å². The molecule has 0 radical (unpaired) electrons. The van der Waals surface area contributed by atoms with E-state index < -0.39 is 0 Å². The topological polar surface area (TPSA) is 26.0 Å². The Morgan fingerprint density at radius 2 is 1.22 bits per heavy atom. The zero-order valence-corrected chi connectivity index (χ0v) is 20.0. The SMILES string of the molecule is c1ccc(-c2nc3ccccc3c3c2cc(-c2ccc4ccccc4c2)c2oc4ccccc4c23)cc1. The molecule has 2 aromatic heterocycles. The number of furan rings is 1. The van der Waals surface area contributed by atoms with Gasteiger partial charge in [0.05, 0.1) is 11.2 Å². The zero-order valence-electron chi connectivity index (χ0n) is 20.0. The number of pyridine rings is 1. The Balaban J connectivity index is 1.62. The summed E-state index contributed by atoms with van der Waals surface area (Å²) in [5, 5.41) is 8.17. The van der Waals surface area contributed by atoms with Gasteiger partial charge in [-0.1, -0.05) is 103 Å². The molecule has 2 heteroatoms. The smallest absolute Gasteiger partial charge is 0.143 e. The summed E-state index contributed by atoms with van der Waals surface area (Å²) < 4.78 is 6.63. The molecule has 0 aliphatic carbocycles. The summed E-state index contributed by atoms with van der Waals surface area (Å²) in [5.74, 6) is 0. The third-order valence-electron chi connectivity index (χ3n) is 7.42. The van der Waals surface area contributed by atoms with Crippen LogP contribution >= 0.6 is 0 Å². The fourth-order valence-electron chi connectivity index (χ4n) is 5.72. The molecular weight excluding hydrogens is 450 g/mol. The van der Waals surface area contributed by atoms with Gasteiger partial charge in [-0.2, -0.15) is 0 Å². The second-order valence-corrected chi connectivity index (χ2v) is 9.55. The van der Waals surface area contributed by atoms with Crippen LogP contribution in [0.25, 0.3) is 76.8 Å². The van der Waals surface area contributed by atoms with Crippen molar-refractivity contribution in [3.05, 3.63) is 127 Å². The molecule has 6 aromatic carbocycles. The molecule has 0 bridgehead atoms. The van der Waals surface area contributed by atoms with Crippen LogP contribution in [0.4, 0.5) is 0 Å². The van der Waals surface area contributed by atoms with E-state index >= 15 is 0 Å². The summed E-state index contributed by atoms with van der Waals surface area (Å²) in [6.07, 6.45) is 0. The highest BCUT2D eigenvalue weighted by Crippen LogP contribution is 2.45. The van der Waals surface area contributed by atoms with Gasteiger partial charge in [-0.25, -0.2) is 4.98 Å². The van der Waals surface area contributed by atoms with Crippen LogP contribution in [0, 0.1) is 0 Å². The van der Waals surface area contributed by atoms with Crippen molar-refractivity contribution in [3.63, 3.8) is 0 Å². The fourth-order valence-corrected chi connectivity index (χ4v) is 5.72. The zero-order chi connectivity index (χ0) is 24.3. The van der Waals surface area contributed by atoms with Crippen molar-refractivity contribution in [2.24, 2.45) is 0 Å². The Morgan fingerprint density at radius 3 is 2.11 bits per heavy atom. The van der Waals surface area contributed by atoms with Gasteiger partial charge in [-0.3, -0.25) is 0 Å². The van der Waals surface area contributed by atoms with Crippen molar-refractivity contribution in [1.29, 1.82) is 0 Å². The molecule has 0 unspecified atom stereocenters. The molecule has 0 amide bonds. The van der Waals surface area contributed by atoms with E-state index in [1.165, 1.54) is 16.2 Å². The van der Waals surface area contributed by atoms with E-state index in [9.17, 15) is 0 Å². The van der Waals surface area contributed by atoms with Crippen LogP contribution < -0.4 is 0 Å². The number of aromatic nitrogens is 1. The van der Waals surface area contributed by atoms with Crippen molar-refractivity contribution in [2.45, 2.75) is 0 Å². The minimum absolute atomic E-state index is 0.897. The lowest BCUT2D eigenvalue weighted by molar-refractivity contribution is 0.670. The Morgan fingerprint density at radius 1 is 0.486 bits per heavy atom. The molecule has 172 valence electrons. The maximum atomic E-state index is 6.63. The summed E-state index contributed by atoms with van der Waals surface area (Å²) in [7, 11) is 0. The average Bonchev–Trinajstić information content (AvgIpc) is 3.36.